The van der Waals surface area contributed by atoms with Gasteiger partial charge in [0.2, 0.25) is 10.0 Å². The van der Waals surface area contributed by atoms with Crippen molar-refractivity contribution in [1.29, 1.82) is 0 Å². The molecule has 7 heteroatoms. The quantitative estimate of drug-likeness (QED) is 0.693. The van der Waals surface area contributed by atoms with E-state index >= 15 is 0 Å². The molecule has 6 nitrogen and oxygen atoms in total. The maximum absolute atomic E-state index is 13.2. The van der Waals surface area contributed by atoms with Crippen molar-refractivity contribution in [2.45, 2.75) is 87.6 Å². The predicted octanol–water partition coefficient (Wildman–Crippen LogP) is 3.65. The van der Waals surface area contributed by atoms with E-state index in [0.29, 0.717) is 29.9 Å². The van der Waals surface area contributed by atoms with Gasteiger partial charge in [0.05, 0.1) is 17.0 Å². The van der Waals surface area contributed by atoms with Crippen LogP contribution in [0.2, 0.25) is 0 Å². The minimum atomic E-state index is -3.46. The van der Waals surface area contributed by atoms with Crippen LogP contribution in [0.4, 0.5) is 0 Å². The molecule has 1 spiro atoms. The van der Waals surface area contributed by atoms with Crippen LogP contribution >= 0.6 is 0 Å². The number of rotatable bonds is 4. The lowest BCUT2D eigenvalue weighted by Gasteiger charge is -2.45. The van der Waals surface area contributed by atoms with Gasteiger partial charge in [0.25, 0.3) is 0 Å². The van der Waals surface area contributed by atoms with Gasteiger partial charge in [-0.15, -0.1) is 0 Å². The van der Waals surface area contributed by atoms with E-state index < -0.39 is 10.0 Å². The molecule has 31 heavy (non-hydrogen) atoms. The molecule has 0 amide bonds. The van der Waals surface area contributed by atoms with E-state index in [1.807, 2.05) is 12.1 Å². The van der Waals surface area contributed by atoms with Gasteiger partial charge in [0.1, 0.15) is 5.84 Å². The molecule has 4 rings (SSSR count). The van der Waals surface area contributed by atoms with Crippen molar-refractivity contribution in [2.75, 3.05) is 26.2 Å². The Bertz CT molecular complexity index is 863. The highest BCUT2D eigenvalue weighted by Crippen LogP contribution is 2.30. The molecule has 172 valence electrons. The number of hydrogen-bond acceptors (Lipinski definition) is 5. The minimum Gasteiger partial charge on any atom is -0.370 e. The summed E-state index contributed by atoms with van der Waals surface area (Å²) in [5.74, 6) is 1.46. The van der Waals surface area contributed by atoms with Crippen molar-refractivity contribution in [2.24, 2.45) is 4.99 Å². The van der Waals surface area contributed by atoms with E-state index in [0.717, 1.165) is 37.3 Å². The molecule has 1 aromatic carbocycles. The minimum absolute atomic E-state index is 0.210. The van der Waals surface area contributed by atoms with Gasteiger partial charge in [-0.25, -0.2) is 8.42 Å². The van der Waals surface area contributed by atoms with Gasteiger partial charge in [0.15, 0.2) is 0 Å². The molecule has 2 aliphatic heterocycles. The molecule has 1 aromatic rings. The number of nitrogens with zero attached hydrogens (tertiary/aromatic N) is 2. The van der Waals surface area contributed by atoms with Crippen LogP contribution in [-0.2, 0) is 10.0 Å². The summed E-state index contributed by atoms with van der Waals surface area (Å²) < 4.78 is 28.1. The molecular formula is C24H38N4O2S. The monoisotopic (exact) mass is 446 g/mol. The van der Waals surface area contributed by atoms with E-state index in [2.05, 4.69) is 24.5 Å². The number of benzene rings is 1. The number of amidine groups is 1. The summed E-state index contributed by atoms with van der Waals surface area (Å²) in [6.45, 7) is 6.93. The third-order valence-electron chi connectivity index (χ3n) is 7.25. The molecule has 0 unspecified atom stereocenters. The van der Waals surface area contributed by atoms with E-state index in [1.165, 1.54) is 38.5 Å². The Kier molecular flexibility index (Phi) is 7.04. The average molecular weight is 447 g/mol. The summed E-state index contributed by atoms with van der Waals surface area (Å²) in [7, 11) is -3.46. The highest BCUT2D eigenvalue weighted by molar-refractivity contribution is 7.89. The Balaban J connectivity index is 1.44. The van der Waals surface area contributed by atoms with Crippen LogP contribution in [0.15, 0.2) is 34.2 Å². The van der Waals surface area contributed by atoms with Crippen molar-refractivity contribution in [1.82, 2.24) is 14.9 Å². The van der Waals surface area contributed by atoms with E-state index in [1.54, 1.807) is 16.4 Å². The highest BCUT2D eigenvalue weighted by atomic mass is 32.2. The van der Waals surface area contributed by atoms with E-state index in [-0.39, 0.29) is 5.54 Å². The Hall–Kier alpha value is -1.44. The lowest BCUT2D eigenvalue weighted by molar-refractivity contribution is 0.239. The maximum Gasteiger partial charge on any atom is 0.243 e. The normalized spacial score (nSPS) is 23.5. The molecule has 0 atom stereocenters. The van der Waals surface area contributed by atoms with Crippen LogP contribution in [0.5, 0.6) is 0 Å². The van der Waals surface area contributed by atoms with Crippen molar-refractivity contribution in [3.05, 3.63) is 29.8 Å². The molecule has 1 saturated heterocycles. The van der Waals surface area contributed by atoms with Crippen LogP contribution in [0, 0.1) is 0 Å². The summed E-state index contributed by atoms with van der Waals surface area (Å²) >= 11 is 0. The van der Waals surface area contributed by atoms with Gasteiger partial charge in [-0.2, -0.15) is 4.31 Å². The lowest BCUT2D eigenvalue weighted by atomic mass is 9.85. The number of aliphatic imine (C=N–C) groups is 1. The number of nitrogens with one attached hydrogen (secondary N) is 2. The first-order valence-electron chi connectivity index (χ1n) is 12.1. The Morgan fingerprint density at radius 1 is 1.06 bits per heavy atom. The summed E-state index contributed by atoms with van der Waals surface area (Å²) in [6.07, 6.45) is 9.17. The van der Waals surface area contributed by atoms with Gasteiger partial charge in [0, 0.05) is 25.7 Å². The third kappa shape index (κ3) is 4.99. The molecule has 2 heterocycles. The number of hydrogen-bond donors (Lipinski definition) is 2. The Labute approximate surface area is 187 Å². The lowest BCUT2D eigenvalue weighted by Crippen LogP contribution is -2.65. The molecule has 2 fully saturated rings. The molecule has 1 saturated carbocycles. The zero-order valence-corrected chi connectivity index (χ0v) is 19.9. The van der Waals surface area contributed by atoms with Crippen molar-refractivity contribution in [3.63, 3.8) is 0 Å². The smallest absolute Gasteiger partial charge is 0.243 e. The number of piperidine rings is 1. The SMILES string of the molecule is CC(C)c1ccc(S(=O)(=O)N2CCC3(CC2)NCCN=C3NC2CCCCCC2)cc1. The maximum atomic E-state index is 13.2. The molecule has 1 aliphatic carbocycles. The second-order valence-electron chi connectivity index (χ2n) is 9.70. The zero-order chi connectivity index (χ0) is 21.9. The van der Waals surface area contributed by atoms with Gasteiger partial charge in [-0.3, -0.25) is 4.99 Å². The molecule has 0 bridgehead atoms. The van der Waals surface area contributed by atoms with Gasteiger partial charge >= 0.3 is 0 Å². The van der Waals surface area contributed by atoms with Gasteiger partial charge < -0.3 is 10.6 Å². The highest BCUT2D eigenvalue weighted by Gasteiger charge is 2.43. The third-order valence-corrected chi connectivity index (χ3v) is 9.17. The van der Waals surface area contributed by atoms with Crippen LogP contribution in [0.3, 0.4) is 0 Å². The van der Waals surface area contributed by atoms with Crippen LogP contribution in [-0.4, -0.2) is 56.3 Å². The van der Waals surface area contributed by atoms with Crippen molar-refractivity contribution >= 4 is 15.9 Å². The standard InChI is InChI=1S/C24H38N4O2S/c1-19(2)20-9-11-22(12-10-20)31(29,30)28-17-13-24(14-18-28)23(25-15-16-26-24)27-21-7-5-3-4-6-8-21/h9-12,19,21,26H,3-8,13-18H2,1-2H3,(H,25,27). The number of sulfonamides is 1. The van der Waals surface area contributed by atoms with Crippen molar-refractivity contribution < 1.29 is 8.42 Å². The first-order valence-corrected chi connectivity index (χ1v) is 13.5. The summed E-state index contributed by atoms with van der Waals surface area (Å²) in [6, 6.07) is 7.89. The largest absolute Gasteiger partial charge is 0.370 e. The van der Waals surface area contributed by atoms with Crippen molar-refractivity contribution in [3.8, 4) is 0 Å². The van der Waals surface area contributed by atoms with Crippen LogP contribution in [0.25, 0.3) is 0 Å². The fraction of sp³-hybridized carbons (Fsp3) is 0.708. The van der Waals surface area contributed by atoms with E-state index in [4.69, 9.17) is 4.99 Å². The molecule has 3 aliphatic rings. The second kappa shape index (κ2) is 9.59. The van der Waals surface area contributed by atoms with Crippen LogP contribution < -0.4 is 10.6 Å². The average Bonchev–Trinajstić information content (AvgIpc) is 3.05. The first-order chi connectivity index (χ1) is 14.9. The Morgan fingerprint density at radius 3 is 2.32 bits per heavy atom. The molecular weight excluding hydrogens is 408 g/mol. The second-order valence-corrected chi connectivity index (χ2v) is 11.6. The molecule has 0 radical (unpaired) electrons. The fourth-order valence-electron chi connectivity index (χ4n) is 5.19. The predicted molar refractivity (Wildman–Crippen MR) is 126 cm³/mol. The summed E-state index contributed by atoms with van der Waals surface area (Å²) in [5.41, 5.74) is 0.950. The Morgan fingerprint density at radius 2 is 1.71 bits per heavy atom. The van der Waals surface area contributed by atoms with Gasteiger partial charge in [-0.1, -0.05) is 51.7 Å². The zero-order valence-electron chi connectivity index (χ0n) is 19.1. The topological polar surface area (TPSA) is 73.8 Å². The first kappa shape index (κ1) is 22.7. The summed E-state index contributed by atoms with van der Waals surface area (Å²) in [4.78, 5) is 5.28. The molecule has 0 aromatic heterocycles. The van der Waals surface area contributed by atoms with Crippen LogP contribution in [0.1, 0.15) is 76.7 Å². The molecule has 2 N–H and O–H groups in total. The van der Waals surface area contributed by atoms with E-state index in [9.17, 15) is 8.42 Å². The fourth-order valence-corrected chi connectivity index (χ4v) is 6.64. The van der Waals surface area contributed by atoms with Gasteiger partial charge in [-0.05, 0) is 49.3 Å². The summed E-state index contributed by atoms with van der Waals surface area (Å²) in [5, 5.41) is 7.49.